The van der Waals surface area contributed by atoms with E-state index in [9.17, 15) is 9.59 Å². The fourth-order valence-electron chi connectivity index (χ4n) is 1.26. The first-order valence-corrected chi connectivity index (χ1v) is 7.58. The van der Waals surface area contributed by atoms with Crippen LogP contribution in [0.25, 0.3) is 0 Å². The second-order valence-electron chi connectivity index (χ2n) is 3.53. The van der Waals surface area contributed by atoms with E-state index in [1.807, 2.05) is 6.26 Å². The first kappa shape index (κ1) is 15.0. The Morgan fingerprint density at radius 2 is 2.33 bits per heavy atom. The molecule has 1 heterocycles. The predicted octanol–water partition coefficient (Wildman–Crippen LogP) is 1.55. The van der Waals surface area contributed by atoms with Crippen molar-refractivity contribution in [3.05, 3.63) is 16.3 Å². The molecule has 0 saturated heterocycles. The van der Waals surface area contributed by atoms with Gasteiger partial charge in [0.05, 0.1) is 18.8 Å². The highest BCUT2D eigenvalue weighted by molar-refractivity contribution is 7.98. The number of nitrogens with one attached hydrogen (secondary N) is 1. The monoisotopic (exact) mass is 288 g/mol. The molecule has 0 aliphatic rings. The number of ether oxygens (including phenoxy) is 1. The Morgan fingerprint density at radius 3 is 2.94 bits per heavy atom. The van der Waals surface area contributed by atoms with Crippen LogP contribution < -0.4 is 11.1 Å². The summed E-state index contributed by atoms with van der Waals surface area (Å²) in [4.78, 5) is 23.6. The summed E-state index contributed by atoms with van der Waals surface area (Å²) in [7, 11) is 1.30. The van der Waals surface area contributed by atoms with E-state index >= 15 is 0 Å². The van der Waals surface area contributed by atoms with E-state index < -0.39 is 12.0 Å². The maximum Gasteiger partial charge on any atom is 0.350 e. The molecule has 0 radical (unpaired) electrons. The molecule has 3 N–H and O–H groups in total. The highest BCUT2D eigenvalue weighted by atomic mass is 32.2. The zero-order valence-corrected chi connectivity index (χ0v) is 11.9. The van der Waals surface area contributed by atoms with Crippen molar-refractivity contribution in [2.45, 2.75) is 12.5 Å². The van der Waals surface area contributed by atoms with Gasteiger partial charge in [0.15, 0.2) is 0 Å². The molecule has 0 unspecified atom stereocenters. The van der Waals surface area contributed by atoms with Crippen LogP contribution in [0.1, 0.15) is 16.1 Å². The van der Waals surface area contributed by atoms with E-state index in [2.05, 4.69) is 10.1 Å². The minimum Gasteiger partial charge on any atom is -0.465 e. The van der Waals surface area contributed by atoms with Gasteiger partial charge in [0.25, 0.3) is 0 Å². The van der Waals surface area contributed by atoms with Crippen molar-refractivity contribution in [3.8, 4) is 0 Å². The average Bonchev–Trinajstić information content (AvgIpc) is 2.82. The Bertz CT molecular complexity index is 420. The van der Waals surface area contributed by atoms with E-state index in [0.717, 1.165) is 5.75 Å². The van der Waals surface area contributed by atoms with Gasteiger partial charge in [-0.25, -0.2) is 4.79 Å². The van der Waals surface area contributed by atoms with E-state index in [4.69, 9.17) is 5.73 Å². The van der Waals surface area contributed by atoms with Crippen LogP contribution in [-0.2, 0) is 9.53 Å². The lowest BCUT2D eigenvalue weighted by molar-refractivity contribution is -0.117. The quantitative estimate of drug-likeness (QED) is 0.776. The topological polar surface area (TPSA) is 81.4 Å². The first-order valence-electron chi connectivity index (χ1n) is 5.31. The minimum absolute atomic E-state index is 0.285. The lowest BCUT2D eigenvalue weighted by Gasteiger charge is -2.11. The van der Waals surface area contributed by atoms with Gasteiger partial charge in [-0.15, -0.1) is 11.3 Å². The van der Waals surface area contributed by atoms with Crippen LogP contribution >= 0.6 is 23.1 Å². The Balaban J connectivity index is 2.64. The normalized spacial score (nSPS) is 11.9. The third kappa shape index (κ3) is 4.01. The van der Waals surface area contributed by atoms with Crippen LogP contribution in [0.4, 0.5) is 5.69 Å². The zero-order chi connectivity index (χ0) is 13.5. The predicted molar refractivity (Wildman–Crippen MR) is 75.3 cm³/mol. The SMILES string of the molecule is COC(=O)c1sccc1NC(=O)[C@@H](N)CCSC. The van der Waals surface area contributed by atoms with Gasteiger partial charge in [0.1, 0.15) is 4.88 Å². The molecule has 5 nitrogen and oxygen atoms in total. The summed E-state index contributed by atoms with van der Waals surface area (Å²) in [5, 5.41) is 4.37. The molecule has 0 aromatic carbocycles. The number of rotatable bonds is 6. The standard InChI is InChI=1S/C11H16N2O3S2/c1-16-11(15)9-8(4-6-18-9)13-10(14)7(12)3-5-17-2/h4,6-7H,3,5,12H2,1-2H3,(H,13,14)/t7-/m0/s1. The summed E-state index contributed by atoms with van der Waals surface area (Å²) in [5.74, 6) is 0.0767. The Labute approximate surface area is 114 Å². The van der Waals surface area contributed by atoms with Gasteiger partial charge in [-0.3, -0.25) is 4.79 Å². The highest BCUT2D eigenvalue weighted by Crippen LogP contribution is 2.23. The van der Waals surface area contributed by atoms with E-state index in [0.29, 0.717) is 17.0 Å². The molecule has 0 fully saturated rings. The number of nitrogens with two attached hydrogens (primary N) is 1. The Kier molecular flexibility index (Phi) is 6.17. The molecule has 100 valence electrons. The van der Waals surface area contributed by atoms with Crippen LogP contribution in [0.15, 0.2) is 11.4 Å². The minimum atomic E-state index is -0.567. The first-order chi connectivity index (χ1) is 8.60. The van der Waals surface area contributed by atoms with Gasteiger partial charge in [-0.2, -0.15) is 11.8 Å². The van der Waals surface area contributed by atoms with Crippen molar-refractivity contribution in [3.63, 3.8) is 0 Å². The average molecular weight is 288 g/mol. The Morgan fingerprint density at radius 1 is 1.61 bits per heavy atom. The molecule has 0 bridgehead atoms. The van der Waals surface area contributed by atoms with Gasteiger partial charge < -0.3 is 15.8 Å². The highest BCUT2D eigenvalue weighted by Gasteiger charge is 2.18. The molecule has 1 aromatic rings. The van der Waals surface area contributed by atoms with Crippen molar-refractivity contribution in [1.82, 2.24) is 0 Å². The molecule has 0 aliphatic carbocycles. The molecule has 7 heteroatoms. The second-order valence-corrected chi connectivity index (χ2v) is 5.43. The largest absolute Gasteiger partial charge is 0.465 e. The number of thiophene rings is 1. The maximum atomic E-state index is 11.8. The van der Waals surface area contributed by atoms with Gasteiger partial charge >= 0.3 is 5.97 Å². The second kappa shape index (κ2) is 7.40. The molecule has 1 aromatic heterocycles. The van der Waals surface area contributed by atoms with Crippen molar-refractivity contribution in [2.75, 3.05) is 24.4 Å². The molecule has 18 heavy (non-hydrogen) atoms. The number of thioether (sulfide) groups is 1. The number of esters is 1. The number of carbonyl (C=O) groups excluding carboxylic acids is 2. The summed E-state index contributed by atoms with van der Waals surface area (Å²) in [5.41, 5.74) is 6.20. The number of methoxy groups -OCH3 is 1. The van der Waals surface area contributed by atoms with Crippen LogP contribution in [-0.4, -0.2) is 37.0 Å². The lowest BCUT2D eigenvalue weighted by atomic mass is 10.2. The Hall–Kier alpha value is -1.05. The third-order valence-corrected chi connectivity index (χ3v) is 3.80. The summed E-state index contributed by atoms with van der Waals surface area (Å²) in [6.07, 6.45) is 2.56. The molecule has 0 spiro atoms. The third-order valence-electron chi connectivity index (χ3n) is 2.26. The molecule has 0 aliphatic heterocycles. The number of carbonyl (C=O) groups is 2. The van der Waals surface area contributed by atoms with Crippen molar-refractivity contribution in [1.29, 1.82) is 0 Å². The van der Waals surface area contributed by atoms with E-state index in [-0.39, 0.29) is 5.91 Å². The number of hydrogen-bond donors (Lipinski definition) is 2. The van der Waals surface area contributed by atoms with Gasteiger partial charge in [0.2, 0.25) is 5.91 Å². The summed E-state index contributed by atoms with van der Waals surface area (Å²) in [6.45, 7) is 0. The van der Waals surface area contributed by atoms with Crippen LogP contribution in [0.3, 0.4) is 0 Å². The number of amides is 1. The molecule has 1 atom stereocenters. The summed E-state index contributed by atoms with van der Waals surface area (Å²) < 4.78 is 4.63. The maximum absolute atomic E-state index is 11.8. The fraction of sp³-hybridized carbons (Fsp3) is 0.455. The van der Waals surface area contributed by atoms with E-state index in [1.54, 1.807) is 23.2 Å². The van der Waals surface area contributed by atoms with Crippen molar-refractivity contribution >= 4 is 40.7 Å². The number of hydrogen-bond acceptors (Lipinski definition) is 6. The van der Waals surface area contributed by atoms with Gasteiger partial charge in [-0.05, 0) is 29.9 Å². The van der Waals surface area contributed by atoms with E-state index in [1.165, 1.54) is 18.4 Å². The summed E-state index contributed by atoms with van der Waals surface area (Å²) in [6, 6.07) is 1.10. The smallest absolute Gasteiger partial charge is 0.350 e. The zero-order valence-electron chi connectivity index (χ0n) is 10.3. The molecular weight excluding hydrogens is 272 g/mol. The van der Waals surface area contributed by atoms with Crippen LogP contribution in [0.2, 0.25) is 0 Å². The van der Waals surface area contributed by atoms with Gasteiger partial charge in [0, 0.05) is 0 Å². The van der Waals surface area contributed by atoms with Gasteiger partial charge in [-0.1, -0.05) is 0 Å². The van der Waals surface area contributed by atoms with Crippen molar-refractivity contribution in [2.24, 2.45) is 5.73 Å². The molecule has 0 saturated carbocycles. The number of anilines is 1. The van der Waals surface area contributed by atoms with Crippen molar-refractivity contribution < 1.29 is 14.3 Å². The lowest BCUT2D eigenvalue weighted by Crippen LogP contribution is -2.36. The van der Waals surface area contributed by atoms with Crippen LogP contribution in [0.5, 0.6) is 0 Å². The molecule has 1 amide bonds. The molecule has 1 rings (SSSR count). The summed E-state index contributed by atoms with van der Waals surface area (Å²) >= 11 is 2.85. The van der Waals surface area contributed by atoms with Crippen LogP contribution in [0, 0.1) is 0 Å². The fourth-order valence-corrected chi connectivity index (χ4v) is 2.52. The molecular formula is C11H16N2O3S2.